The Labute approximate surface area is 241 Å². The smallest absolute Gasteiger partial charge is 0.328 e. The highest BCUT2D eigenvalue weighted by Gasteiger charge is 2.28. The van der Waals surface area contributed by atoms with Crippen LogP contribution in [0.15, 0.2) is 78.9 Å². The van der Waals surface area contributed by atoms with Gasteiger partial charge in [-0.3, -0.25) is 14.4 Å². The topological polar surface area (TPSA) is 111 Å². The van der Waals surface area contributed by atoms with Crippen molar-refractivity contribution in [2.45, 2.75) is 51.5 Å². The second-order valence-corrected chi connectivity index (χ2v) is 10.3. The number of hydrogen-bond donors (Lipinski definition) is 2. The minimum atomic E-state index is -0.868. The molecule has 0 aliphatic rings. The van der Waals surface area contributed by atoms with E-state index < -0.39 is 17.9 Å². The predicted molar refractivity (Wildman–Crippen MR) is 157 cm³/mol. The molecule has 2 N–H and O–H groups in total. The van der Waals surface area contributed by atoms with E-state index >= 15 is 0 Å². The molecule has 3 aromatic rings. The van der Waals surface area contributed by atoms with Crippen LogP contribution in [0.2, 0.25) is 0 Å². The molecule has 41 heavy (non-hydrogen) atoms. The molecule has 8 heteroatoms. The number of benzene rings is 3. The second-order valence-electron chi connectivity index (χ2n) is 10.3. The van der Waals surface area contributed by atoms with Gasteiger partial charge in [0.25, 0.3) is 5.91 Å². The lowest BCUT2D eigenvalue weighted by molar-refractivity contribution is -0.145. The van der Waals surface area contributed by atoms with Crippen LogP contribution in [0.3, 0.4) is 0 Å². The Bertz CT molecular complexity index is 1300. The van der Waals surface area contributed by atoms with Crippen LogP contribution >= 0.6 is 0 Å². The highest BCUT2D eigenvalue weighted by Crippen LogP contribution is 2.26. The SMILES string of the molecule is COC(=O)CCc1ccc(C[C@H](NC(=O)[C@H](CC(C)C)c2ccc(NC(=O)c3ccccc3)cc2)C(=O)OC)cc1. The first-order valence-electron chi connectivity index (χ1n) is 13.7. The number of carbonyl (C=O) groups excluding carboxylic acids is 4. The maximum absolute atomic E-state index is 13.5. The summed E-state index contributed by atoms with van der Waals surface area (Å²) in [6, 6.07) is 22.8. The van der Waals surface area contributed by atoms with Crippen LogP contribution in [0.4, 0.5) is 5.69 Å². The van der Waals surface area contributed by atoms with E-state index in [2.05, 4.69) is 15.4 Å². The van der Waals surface area contributed by atoms with Gasteiger partial charge in [-0.15, -0.1) is 0 Å². The highest BCUT2D eigenvalue weighted by molar-refractivity contribution is 6.04. The Kier molecular flexibility index (Phi) is 11.6. The Morgan fingerprint density at radius 2 is 1.41 bits per heavy atom. The molecule has 216 valence electrons. The van der Waals surface area contributed by atoms with Crippen molar-refractivity contribution < 1.29 is 28.7 Å². The fraction of sp³-hybridized carbons (Fsp3) is 0.333. The van der Waals surface area contributed by atoms with Gasteiger partial charge < -0.3 is 20.1 Å². The average Bonchev–Trinajstić information content (AvgIpc) is 2.99. The zero-order chi connectivity index (χ0) is 29.8. The van der Waals surface area contributed by atoms with E-state index in [9.17, 15) is 19.2 Å². The second kappa shape index (κ2) is 15.4. The van der Waals surface area contributed by atoms with Crippen molar-refractivity contribution in [2.24, 2.45) is 5.92 Å². The zero-order valence-corrected chi connectivity index (χ0v) is 24.0. The molecule has 0 aliphatic heterocycles. The van der Waals surface area contributed by atoms with Crippen LogP contribution in [-0.2, 0) is 36.7 Å². The van der Waals surface area contributed by atoms with Crippen LogP contribution in [0.1, 0.15) is 59.7 Å². The minimum absolute atomic E-state index is 0.216. The molecule has 0 aliphatic carbocycles. The van der Waals surface area contributed by atoms with Crippen molar-refractivity contribution >= 4 is 29.4 Å². The molecule has 0 radical (unpaired) electrons. The van der Waals surface area contributed by atoms with Gasteiger partial charge in [-0.05, 0) is 59.7 Å². The summed E-state index contributed by atoms with van der Waals surface area (Å²) in [5, 5.41) is 5.78. The van der Waals surface area contributed by atoms with Crippen LogP contribution in [0.25, 0.3) is 0 Å². The van der Waals surface area contributed by atoms with Crippen LogP contribution in [0.5, 0.6) is 0 Å². The monoisotopic (exact) mass is 558 g/mol. The average molecular weight is 559 g/mol. The fourth-order valence-electron chi connectivity index (χ4n) is 4.49. The Hall–Kier alpha value is -4.46. The lowest BCUT2D eigenvalue weighted by Gasteiger charge is -2.23. The van der Waals surface area contributed by atoms with Crippen molar-refractivity contribution in [1.82, 2.24) is 5.32 Å². The molecule has 0 bridgehead atoms. The van der Waals surface area contributed by atoms with Crippen LogP contribution < -0.4 is 10.6 Å². The van der Waals surface area contributed by atoms with Gasteiger partial charge in [0.2, 0.25) is 5.91 Å². The van der Waals surface area contributed by atoms with Gasteiger partial charge in [0.1, 0.15) is 6.04 Å². The molecule has 0 unspecified atom stereocenters. The van der Waals surface area contributed by atoms with Crippen molar-refractivity contribution in [3.05, 3.63) is 101 Å². The lowest BCUT2D eigenvalue weighted by atomic mass is 9.89. The van der Waals surface area contributed by atoms with Crippen molar-refractivity contribution in [2.75, 3.05) is 19.5 Å². The molecule has 0 aromatic heterocycles. The molecule has 2 atom stereocenters. The summed E-state index contributed by atoms with van der Waals surface area (Å²) in [5.74, 6) is -1.57. The number of anilines is 1. The van der Waals surface area contributed by atoms with Gasteiger partial charge in [-0.2, -0.15) is 0 Å². The quantitative estimate of drug-likeness (QED) is 0.283. The van der Waals surface area contributed by atoms with Gasteiger partial charge in [0, 0.05) is 24.1 Å². The number of rotatable bonds is 13. The minimum Gasteiger partial charge on any atom is -0.469 e. The van der Waals surface area contributed by atoms with E-state index in [-0.39, 0.29) is 36.5 Å². The molecular weight excluding hydrogens is 520 g/mol. The molecule has 0 saturated carbocycles. The summed E-state index contributed by atoms with van der Waals surface area (Å²) in [7, 11) is 2.66. The number of ether oxygens (including phenoxy) is 2. The van der Waals surface area contributed by atoms with Crippen molar-refractivity contribution in [1.29, 1.82) is 0 Å². The number of carbonyl (C=O) groups is 4. The third-order valence-electron chi connectivity index (χ3n) is 6.74. The maximum atomic E-state index is 13.5. The van der Waals surface area contributed by atoms with E-state index in [0.717, 1.165) is 16.7 Å². The van der Waals surface area contributed by atoms with Crippen molar-refractivity contribution in [3.8, 4) is 0 Å². The normalized spacial score (nSPS) is 12.2. The number of aryl methyl sites for hydroxylation is 1. The van der Waals surface area contributed by atoms with E-state index in [4.69, 9.17) is 4.74 Å². The summed E-state index contributed by atoms with van der Waals surface area (Å²) < 4.78 is 9.69. The van der Waals surface area contributed by atoms with Gasteiger partial charge in [0.05, 0.1) is 20.1 Å². The summed E-state index contributed by atoms with van der Waals surface area (Å²) in [4.78, 5) is 50.1. The predicted octanol–water partition coefficient (Wildman–Crippen LogP) is 5.07. The first-order valence-corrected chi connectivity index (χ1v) is 13.7. The van der Waals surface area contributed by atoms with E-state index in [1.54, 1.807) is 36.4 Å². The van der Waals surface area contributed by atoms with Gasteiger partial charge in [-0.1, -0.05) is 68.4 Å². The number of methoxy groups -OCH3 is 2. The molecule has 0 heterocycles. The van der Waals surface area contributed by atoms with E-state index in [1.807, 2.05) is 56.3 Å². The number of hydrogen-bond acceptors (Lipinski definition) is 6. The number of esters is 2. The van der Waals surface area contributed by atoms with E-state index in [0.29, 0.717) is 24.1 Å². The summed E-state index contributed by atoms with van der Waals surface area (Å²) >= 11 is 0. The molecule has 0 fully saturated rings. The molecule has 0 saturated heterocycles. The molecular formula is C33H38N2O6. The standard InChI is InChI=1S/C33H38N2O6/c1-22(2)20-28(25-15-17-27(18-16-25)34-31(37)26-8-6-5-7-9-26)32(38)35-29(33(39)41-4)21-24-12-10-23(11-13-24)14-19-30(36)40-3/h5-13,15-18,22,28-29H,14,19-21H2,1-4H3,(H,34,37)(H,35,38)/t28-,29+/m1/s1. The van der Waals surface area contributed by atoms with Gasteiger partial charge in [-0.25, -0.2) is 4.79 Å². The maximum Gasteiger partial charge on any atom is 0.328 e. The molecule has 3 rings (SSSR count). The third kappa shape index (κ3) is 9.60. The van der Waals surface area contributed by atoms with Crippen LogP contribution in [-0.4, -0.2) is 44.0 Å². The first kappa shape index (κ1) is 31.1. The van der Waals surface area contributed by atoms with Gasteiger partial charge >= 0.3 is 11.9 Å². The zero-order valence-electron chi connectivity index (χ0n) is 24.0. The lowest BCUT2D eigenvalue weighted by Crippen LogP contribution is -2.45. The molecule has 0 spiro atoms. The van der Waals surface area contributed by atoms with E-state index in [1.165, 1.54) is 14.2 Å². The fourth-order valence-corrected chi connectivity index (χ4v) is 4.49. The third-order valence-corrected chi connectivity index (χ3v) is 6.74. The first-order chi connectivity index (χ1) is 19.7. The Morgan fingerprint density at radius 3 is 2.00 bits per heavy atom. The van der Waals surface area contributed by atoms with Gasteiger partial charge in [0.15, 0.2) is 0 Å². The van der Waals surface area contributed by atoms with Crippen LogP contribution in [0, 0.1) is 5.92 Å². The molecule has 8 nitrogen and oxygen atoms in total. The summed E-state index contributed by atoms with van der Waals surface area (Å²) in [5.41, 5.74) is 3.78. The highest BCUT2D eigenvalue weighted by atomic mass is 16.5. The summed E-state index contributed by atoms with van der Waals surface area (Å²) in [6.45, 7) is 4.07. The summed E-state index contributed by atoms with van der Waals surface area (Å²) in [6.07, 6.45) is 1.67. The molecule has 2 amide bonds. The molecule has 3 aromatic carbocycles. The number of amides is 2. The largest absolute Gasteiger partial charge is 0.469 e. The number of nitrogens with one attached hydrogen (secondary N) is 2. The Morgan fingerprint density at radius 1 is 0.780 bits per heavy atom. The Balaban J connectivity index is 1.70. The van der Waals surface area contributed by atoms with Crippen molar-refractivity contribution in [3.63, 3.8) is 0 Å².